The first kappa shape index (κ1) is 23.5. The third kappa shape index (κ3) is 4.70. The Balaban J connectivity index is 2.09. The molecule has 1 aliphatic rings. The Morgan fingerprint density at radius 1 is 1.21 bits per heavy atom. The van der Waals surface area contributed by atoms with Gasteiger partial charge in [-0.25, -0.2) is 0 Å². The molecule has 0 fully saturated rings. The third-order valence-corrected chi connectivity index (χ3v) is 5.32. The minimum absolute atomic E-state index is 0.0332. The number of hydrogen-bond acceptors (Lipinski definition) is 10. The summed E-state index contributed by atoms with van der Waals surface area (Å²) in [5.74, 6) is 0.382. The van der Waals surface area contributed by atoms with Crippen LogP contribution in [0.5, 0.6) is 5.75 Å². The minimum atomic E-state index is -1.55. The summed E-state index contributed by atoms with van der Waals surface area (Å²) in [5, 5.41) is 39.5. The van der Waals surface area contributed by atoms with Gasteiger partial charge in [-0.05, 0) is 50.6 Å². The number of hydrogen-bond donors (Lipinski definition) is 1. The summed E-state index contributed by atoms with van der Waals surface area (Å²) >= 11 is 0. The van der Waals surface area contributed by atoms with Gasteiger partial charge in [0.25, 0.3) is 15.7 Å². The van der Waals surface area contributed by atoms with E-state index in [2.05, 4.69) is 9.68 Å². The highest BCUT2D eigenvalue weighted by Crippen LogP contribution is 2.41. The van der Waals surface area contributed by atoms with Crippen LogP contribution >= 0.6 is 0 Å². The molecule has 2 heterocycles. The first-order valence-corrected chi connectivity index (χ1v) is 9.70. The van der Waals surface area contributed by atoms with Crippen molar-refractivity contribution in [1.29, 1.82) is 5.26 Å². The maximum Gasteiger partial charge on any atom is 0.295 e. The van der Waals surface area contributed by atoms with Gasteiger partial charge in [-0.1, -0.05) is 0 Å². The largest absolute Gasteiger partial charge is 0.485 e. The fraction of sp³-hybridized carbons (Fsp3) is 0.400. The van der Waals surface area contributed by atoms with Crippen molar-refractivity contribution >= 4 is 0 Å². The van der Waals surface area contributed by atoms with Gasteiger partial charge in [-0.3, -0.25) is 4.79 Å². The van der Waals surface area contributed by atoms with Crippen LogP contribution in [0, 0.1) is 31.6 Å². The molecule has 0 aliphatic carbocycles. The number of aliphatic hydroxyl groups is 1. The quantitative estimate of drug-likeness (QED) is 0.472. The molecule has 2 aromatic rings. The molecule has 0 saturated heterocycles. The minimum Gasteiger partial charge on any atom is -0.485 e. The maximum atomic E-state index is 13.0. The Morgan fingerprint density at radius 3 is 2.45 bits per heavy atom. The van der Waals surface area contributed by atoms with Gasteiger partial charge in [0, 0.05) is 17.8 Å². The monoisotopic (exact) mass is 460 g/mol. The molecule has 4 atom stereocenters. The highest BCUT2D eigenvalue weighted by atomic mass is 17.0. The number of aromatic nitrogens is 1. The predicted molar refractivity (Wildman–Crippen MR) is 109 cm³/mol. The van der Waals surface area contributed by atoms with Crippen molar-refractivity contribution in [3.05, 3.63) is 83.8 Å². The van der Waals surface area contributed by atoms with Gasteiger partial charge in [0.1, 0.15) is 23.6 Å². The fourth-order valence-electron chi connectivity index (χ4n) is 3.75. The average Bonchev–Trinajstić information content (AvgIpc) is 2.72. The highest BCUT2D eigenvalue weighted by Gasteiger charge is 2.44. The Hall–Kier alpha value is -4.18. The van der Waals surface area contributed by atoms with Crippen LogP contribution in [0.25, 0.3) is 0 Å². The van der Waals surface area contributed by atoms with Gasteiger partial charge in [-0.2, -0.15) is 5.26 Å². The lowest BCUT2D eigenvalue weighted by Crippen LogP contribution is -2.52. The van der Waals surface area contributed by atoms with Crippen LogP contribution in [-0.2, 0) is 9.68 Å². The van der Waals surface area contributed by atoms with Crippen molar-refractivity contribution in [1.82, 2.24) is 4.57 Å². The number of nitriles is 1. The smallest absolute Gasteiger partial charge is 0.295 e. The molecule has 1 N–H and O–H groups in total. The number of rotatable bonds is 7. The molecule has 1 aromatic carbocycles. The van der Waals surface area contributed by atoms with E-state index in [1.165, 1.54) is 29.8 Å². The standard InChI is InChI=1S/C20H20N4O9/c1-11(32-23(27)28)18(33-24(29)30)13-6-7-22(16(25)9-13)17-14-8-12(10-21)4-5-15(14)31-20(2,3)19(17)26/h4-9,11,17-19,26H,1-3H3. The van der Waals surface area contributed by atoms with Crippen molar-refractivity contribution in [3.8, 4) is 11.8 Å². The van der Waals surface area contributed by atoms with Crippen molar-refractivity contribution in [3.63, 3.8) is 0 Å². The number of pyridine rings is 1. The molecule has 0 bridgehead atoms. The molecule has 174 valence electrons. The lowest BCUT2D eigenvalue weighted by atomic mass is 9.85. The summed E-state index contributed by atoms with van der Waals surface area (Å²) in [6.45, 7) is 4.47. The number of ether oxygens (including phenoxy) is 1. The summed E-state index contributed by atoms with van der Waals surface area (Å²) in [6.07, 6.45) is -2.87. The molecular formula is C20H20N4O9. The molecular weight excluding hydrogens is 440 g/mol. The molecule has 4 unspecified atom stereocenters. The Morgan fingerprint density at radius 2 is 1.88 bits per heavy atom. The Kier molecular flexibility index (Phi) is 6.23. The fourth-order valence-corrected chi connectivity index (χ4v) is 3.75. The molecule has 13 nitrogen and oxygen atoms in total. The number of aliphatic hydroxyl groups excluding tert-OH is 1. The zero-order chi connectivity index (χ0) is 24.5. The van der Waals surface area contributed by atoms with Crippen molar-refractivity contribution in [2.75, 3.05) is 0 Å². The van der Waals surface area contributed by atoms with Crippen LogP contribution in [0.4, 0.5) is 0 Å². The van der Waals surface area contributed by atoms with Crippen LogP contribution in [0.2, 0.25) is 0 Å². The zero-order valence-electron chi connectivity index (χ0n) is 17.8. The van der Waals surface area contributed by atoms with Crippen molar-refractivity contribution in [2.45, 2.75) is 50.7 Å². The third-order valence-electron chi connectivity index (χ3n) is 5.32. The van der Waals surface area contributed by atoms with Crippen LogP contribution in [0.3, 0.4) is 0 Å². The number of benzene rings is 1. The second-order valence-corrected chi connectivity index (χ2v) is 7.95. The van der Waals surface area contributed by atoms with Gasteiger partial charge < -0.3 is 24.1 Å². The van der Waals surface area contributed by atoms with E-state index in [4.69, 9.17) is 4.74 Å². The van der Waals surface area contributed by atoms with E-state index in [-0.39, 0.29) is 5.56 Å². The van der Waals surface area contributed by atoms with Crippen LogP contribution in [0.1, 0.15) is 49.6 Å². The first-order chi connectivity index (χ1) is 15.4. The molecule has 13 heteroatoms. The van der Waals surface area contributed by atoms with E-state index in [0.29, 0.717) is 16.9 Å². The Bertz CT molecular complexity index is 1190. The molecule has 0 saturated carbocycles. The van der Waals surface area contributed by atoms with E-state index in [1.54, 1.807) is 26.0 Å². The summed E-state index contributed by atoms with van der Waals surface area (Å²) in [5.41, 5.74) is -1.10. The lowest BCUT2D eigenvalue weighted by Gasteiger charge is -2.42. The van der Waals surface area contributed by atoms with Gasteiger partial charge in [0.15, 0.2) is 6.10 Å². The van der Waals surface area contributed by atoms with Gasteiger partial charge in [0.2, 0.25) is 0 Å². The van der Waals surface area contributed by atoms with Crippen molar-refractivity contribution < 1.29 is 29.7 Å². The summed E-state index contributed by atoms with van der Waals surface area (Å²) in [7, 11) is 0. The van der Waals surface area contributed by atoms with Gasteiger partial charge in [0.05, 0.1) is 17.7 Å². The summed E-state index contributed by atoms with van der Waals surface area (Å²) in [6, 6.07) is 7.99. The van der Waals surface area contributed by atoms with E-state index in [0.717, 1.165) is 6.07 Å². The molecule has 1 aromatic heterocycles. The normalized spacial score (nSPS) is 20.3. The Labute approximate surface area is 186 Å². The SMILES string of the molecule is CC(O[N+](=O)[O-])C(O[N+](=O)[O-])c1ccn(C2c3cc(C#N)ccc3OC(C)(C)C2O)c(=O)c1. The molecule has 1 aliphatic heterocycles. The van der Waals surface area contributed by atoms with E-state index in [9.17, 15) is 35.4 Å². The first-order valence-electron chi connectivity index (χ1n) is 9.70. The second-order valence-electron chi connectivity index (χ2n) is 7.95. The van der Waals surface area contributed by atoms with E-state index < -0.39 is 45.7 Å². The number of nitrogens with zero attached hydrogens (tertiary/aromatic N) is 4. The molecule has 33 heavy (non-hydrogen) atoms. The topological polar surface area (TPSA) is 180 Å². The molecule has 0 amide bonds. The molecule has 0 radical (unpaired) electrons. The van der Waals surface area contributed by atoms with Crippen LogP contribution in [-0.4, -0.2) is 37.7 Å². The van der Waals surface area contributed by atoms with Gasteiger partial charge in [-0.15, -0.1) is 20.2 Å². The summed E-state index contributed by atoms with van der Waals surface area (Å²) in [4.78, 5) is 43.5. The molecule has 0 spiro atoms. The maximum absolute atomic E-state index is 13.0. The average molecular weight is 460 g/mol. The predicted octanol–water partition coefficient (Wildman–Crippen LogP) is 1.69. The van der Waals surface area contributed by atoms with Gasteiger partial charge >= 0.3 is 0 Å². The van der Waals surface area contributed by atoms with E-state index >= 15 is 0 Å². The molecule has 3 rings (SSSR count). The van der Waals surface area contributed by atoms with Crippen molar-refractivity contribution in [2.24, 2.45) is 0 Å². The number of fused-ring (bicyclic) bond motifs is 1. The second kappa shape index (κ2) is 8.75. The highest BCUT2D eigenvalue weighted by molar-refractivity contribution is 5.46. The summed E-state index contributed by atoms with van der Waals surface area (Å²) < 4.78 is 7.04. The van der Waals surface area contributed by atoms with Crippen LogP contribution < -0.4 is 10.3 Å². The lowest BCUT2D eigenvalue weighted by molar-refractivity contribution is -0.800. The van der Waals surface area contributed by atoms with Crippen LogP contribution in [0.15, 0.2) is 41.3 Å². The zero-order valence-corrected chi connectivity index (χ0v) is 17.8. The van der Waals surface area contributed by atoms with E-state index in [1.807, 2.05) is 6.07 Å².